The van der Waals surface area contributed by atoms with Gasteiger partial charge in [0.05, 0.1) is 31.6 Å². The fourth-order valence-corrected chi connectivity index (χ4v) is 5.47. The number of aliphatic hydroxyl groups excluding tert-OH is 1. The summed E-state index contributed by atoms with van der Waals surface area (Å²) in [6.07, 6.45) is 0. The van der Waals surface area contributed by atoms with Gasteiger partial charge in [0.25, 0.3) is 5.56 Å². The molecule has 2 aromatic heterocycles. The third kappa shape index (κ3) is 9.27. The Kier molecular flexibility index (Phi) is 11.7. The van der Waals surface area contributed by atoms with E-state index in [0.29, 0.717) is 46.4 Å². The van der Waals surface area contributed by atoms with E-state index in [9.17, 15) is 14.0 Å². The molecule has 0 spiro atoms. The van der Waals surface area contributed by atoms with Gasteiger partial charge in [0.1, 0.15) is 47.1 Å². The number of nitrogens with zero attached hydrogens (tertiary/aromatic N) is 3. The van der Waals surface area contributed by atoms with Crippen LogP contribution in [0.1, 0.15) is 48.8 Å². The van der Waals surface area contributed by atoms with Gasteiger partial charge >= 0.3 is 6.03 Å². The molecule has 0 unspecified atom stereocenters. The third-order valence-electron chi connectivity index (χ3n) is 8.02. The van der Waals surface area contributed by atoms with Crippen molar-refractivity contribution in [3.63, 3.8) is 0 Å². The fourth-order valence-electron chi connectivity index (χ4n) is 5.26. The number of benzene rings is 3. The first-order valence-electron chi connectivity index (χ1n) is 16.3. The second-order valence-corrected chi connectivity index (χ2v) is 13.2. The highest BCUT2D eigenvalue weighted by atomic mass is 35.5. The van der Waals surface area contributed by atoms with Gasteiger partial charge in [-0.3, -0.25) is 10.1 Å². The van der Waals surface area contributed by atoms with Gasteiger partial charge in [-0.05, 0) is 60.0 Å². The standard InChI is InChI=1S/C38H41ClFN5O6/c1-24-16-32(35(39)36(47)44(24)22-25-8-6-10-30(17-25)49-5)51-23-26-12-13-28(40)18-27(26)21-41-37(48)42-34-20-33(38(2,3)4)43-45(34)29-9-7-11-31(19-29)50-15-14-46/h6-13,16-20,46H,14-15,21-23H2,1-5H3,(H2,41,42,48). The molecule has 3 N–H and O–H groups in total. The number of aliphatic hydroxyl groups is 1. The summed E-state index contributed by atoms with van der Waals surface area (Å²) in [6, 6.07) is 21.7. The van der Waals surface area contributed by atoms with E-state index in [4.69, 9.17) is 36.0 Å². The molecule has 0 radical (unpaired) electrons. The summed E-state index contributed by atoms with van der Waals surface area (Å²) in [7, 11) is 1.58. The Morgan fingerprint density at radius 1 is 0.980 bits per heavy atom. The van der Waals surface area contributed by atoms with Crippen molar-refractivity contribution in [2.45, 2.75) is 52.8 Å². The molecule has 2 heterocycles. The molecule has 268 valence electrons. The number of rotatable bonds is 13. The molecule has 0 saturated carbocycles. The number of ether oxygens (including phenoxy) is 3. The first-order valence-corrected chi connectivity index (χ1v) is 16.7. The molecule has 3 aromatic carbocycles. The molecule has 0 fully saturated rings. The summed E-state index contributed by atoms with van der Waals surface area (Å²) in [5.74, 6) is 1.33. The number of urea groups is 1. The van der Waals surface area contributed by atoms with Gasteiger partial charge in [0, 0.05) is 35.9 Å². The maximum absolute atomic E-state index is 14.4. The van der Waals surface area contributed by atoms with Crippen LogP contribution in [0.5, 0.6) is 17.2 Å². The number of hydrogen-bond donors (Lipinski definition) is 3. The average molecular weight is 718 g/mol. The van der Waals surface area contributed by atoms with E-state index in [1.807, 2.05) is 51.1 Å². The van der Waals surface area contributed by atoms with Crippen LogP contribution in [0.25, 0.3) is 5.69 Å². The second-order valence-electron chi connectivity index (χ2n) is 12.9. The Balaban J connectivity index is 1.29. The number of carbonyl (C=O) groups is 1. The molecular formula is C38H41ClFN5O6. The SMILES string of the molecule is COc1cccc(Cn2c(C)cc(OCc3ccc(F)cc3CNC(=O)Nc3cc(C(C)(C)C)nn3-c3cccc(OCCO)c3)c(Cl)c2=O)c1. The minimum atomic E-state index is -0.543. The maximum Gasteiger partial charge on any atom is 0.320 e. The predicted octanol–water partition coefficient (Wildman–Crippen LogP) is 6.76. The lowest BCUT2D eigenvalue weighted by Gasteiger charge is -2.16. The lowest BCUT2D eigenvalue weighted by atomic mass is 9.92. The molecule has 5 rings (SSSR count). The van der Waals surface area contributed by atoms with Gasteiger partial charge in [-0.2, -0.15) is 5.10 Å². The van der Waals surface area contributed by atoms with E-state index in [2.05, 4.69) is 10.6 Å². The average Bonchev–Trinajstić information content (AvgIpc) is 3.54. The van der Waals surface area contributed by atoms with Crippen LogP contribution in [-0.2, 0) is 25.1 Å². The van der Waals surface area contributed by atoms with Crippen LogP contribution in [0.3, 0.4) is 0 Å². The number of aryl methyl sites for hydroxylation is 1. The van der Waals surface area contributed by atoms with E-state index >= 15 is 0 Å². The number of halogens is 2. The zero-order valence-corrected chi connectivity index (χ0v) is 29.9. The summed E-state index contributed by atoms with van der Waals surface area (Å²) < 4.78 is 34.4. The molecule has 0 atom stereocenters. The van der Waals surface area contributed by atoms with Gasteiger partial charge in [0.15, 0.2) is 0 Å². The molecule has 51 heavy (non-hydrogen) atoms. The normalized spacial score (nSPS) is 11.3. The smallest absolute Gasteiger partial charge is 0.320 e. The van der Waals surface area contributed by atoms with E-state index in [1.54, 1.807) is 59.7 Å². The van der Waals surface area contributed by atoms with Crippen molar-refractivity contribution in [1.82, 2.24) is 19.7 Å². The number of nitrogens with one attached hydrogen (secondary N) is 2. The number of hydrogen-bond acceptors (Lipinski definition) is 7. The van der Waals surface area contributed by atoms with Crippen molar-refractivity contribution in [3.05, 3.63) is 128 Å². The van der Waals surface area contributed by atoms with E-state index in [0.717, 1.165) is 11.3 Å². The lowest BCUT2D eigenvalue weighted by Crippen LogP contribution is -2.29. The number of anilines is 1. The second kappa shape index (κ2) is 16.1. The van der Waals surface area contributed by atoms with E-state index in [-0.39, 0.29) is 42.6 Å². The Labute approximate surface area is 300 Å². The highest BCUT2D eigenvalue weighted by molar-refractivity contribution is 6.31. The molecule has 0 aliphatic carbocycles. The van der Waals surface area contributed by atoms with Crippen LogP contribution in [0.2, 0.25) is 5.02 Å². The molecule has 0 aliphatic rings. The Morgan fingerprint density at radius 2 is 1.75 bits per heavy atom. The number of amides is 2. The van der Waals surface area contributed by atoms with Crippen LogP contribution in [-0.4, -0.2) is 45.8 Å². The van der Waals surface area contributed by atoms with Gasteiger partial charge < -0.3 is 29.2 Å². The van der Waals surface area contributed by atoms with Crippen LogP contribution in [0, 0.1) is 12.7 Å². The van der Waals surface area contributed by atoms with E-state index < -0.39 is 17.4 Å². The van der Waals surface area contributed by atoms with Gasteiger partial charge in [-0.15, -0.1) is 0 Å². The first kappa shape index (κ1) is 36.9. The van der Waals surface area contributed by atoms with Crippen molar-refractivity contribution < 1.29 is 28.5 Å². The predicted molar refractivity (Wildman–Crippen MR) is 194 cm³/mol. The molecule has 0 aliphatic heterocycles. The minimum absolute atomic E-state index is 0.0259. The zero-order valence-electron chi connectivity index (χ0n) is 29.1. The molecule has 0 bridgehead atoms. The fraction of sp³-hybridized carbons (Fsp3) is 0.289. The lowest BCUT2D eigenvalue weighted by molar-refractivity contribution is 0.201. The van der Waals surface area contributed by atoms with Crippen LogP contribution in [0.4, 0.5) is 15.0 Å². The third-order valence-corrected chi connectivity index (χ3v) is 8.37. The summed E-state index contributed by atoms with van der Waals surface area (Å²) >= 11 is 6.49. The summed E-state index contributed by atoms with van der Waals surface area (Å²) in [4.78, 5) is 26.5. The van der Waals surface area contributed by atoms with Crippen LogP contribution < -0.4 is 30.4 Å². The summed E-state index contributed by atoms with van der Waals surface area (Å²) in [5.41, 5.74) is 3.22. The summed E-state index contributed by atoms with van der Waals surface area (Å²) in [5, 5.41) is 19.5. The molecular weight excluding hydrogens is 677 g/mol. The van der Waals surface area contributed by atoms with Crippen LogP contribution >= 0.6 is 11.6 Å². The summed E-state index contributed by atoms with van der Waals surface area (Å²) in [6.45, 7) is 8.07. The van der Waals surface area contributed by atoms with Crippen molar-refractivity contribution >= 4 is 23.4 Å². The quantitative estimate of drug-likeness (QED) is 0.123. The first-order chi connectivity index (χ1) is 24.4. The maximum atomic E-state index is 14.4. The Morgan fingerprint density at radius 3 is 2.49 bits per heavy atom. The van der Waals surface area contributed by atoms with Gasteiger partial charge in [-0.25, -0.2) is 13.9 Å². The van der Waals surface area contributed by atoms with Crippen LogP contribution in [0.15, 0.2) is 83.7 Å². The molecule has 5 aromatic rings. The Bertz CT molecular complexity index is 2070. The molecule has 11 nitrogen and oxygen atoms in total. The minimum Gasteiger partial charge on any atom is -0.497 e. The number of carbonyl (C=O) groups excluding carboxylic acids is 1. The highest BCUT2D eigenvalue weighted by Gasteiger charge is 2.22. The van der Waals surface area contributed by atoms with Crippen molar-refractivity contribution in [3.8, 4) is 22.9 Å². The molecule has 13 heteroatoms. The topological polar surface area (TPSA) is 129 Å². The zero-order chi connectivity index (χ0) is 36.7. The van der Waals surface area contributed by atoms with E-state index in [1.165, 1.54) is 12.1 Å². The van der Waals surface area contributed by atoms with Crippen molar-refractivity contribution in [2.75, 3.05) is 25.6 Å². The van der Waals surface area contributed by atoms with Gasteiger partial charge in [-0.1, -0.05) is 56.6 Å². The molecule has 0 saturated heterocycles. The highest BCUT2D eigenvalue weighted by Crippen LogP contribution is 2.28. The number of pyridine rings is 1. The van der Waals surface area contributed by atoms with Crippen molar-refractivity contribution in [1.29, 1.82) is 0 Å². The monoisotopic (exact) mass is 717 g/mol. The Hall–Kier alpha value is -5.33. The number of aromatic nitrogens is 3. The number of methoxy groups -OCH3 is 1. The van der Waals surface area contributed by atoms with Gasteiger partial charge in [0.2, 0.25) is 0 Å². The van der Waals surface area contributed by atoms with Crippen molar-refractivity contribution in [2.24, 2.45) is 0 Å². The molecule has 2 amide bonds. The largest absolute Gasteiger partial charge is 0.497 e.